The van der Waals surface area contributed by atoms with Crippen LogP contribution in [-0.4, -0.2) is 13.2 Å². The molecule has 0 spiro atoms. The second-order valence-corrected chi connectivity index (χ2v) is 7.84. The molecular formula is C10H9Cl3O2S. The fourth-order valence-corrected chi connectivity index (χ4v) is 3.60. The van der Waals surface area contributed by atoms with Crippen molar-refractivity contribution in [1.29, 1.82) is 0 Å². The van der Waals surface area contributed by atoms with Gasteiger partial charge in [-0.2, -0.15) is 0 Å². The van der Waals surface area contributed by atoms with E-state index in [1.807, 2.05) is 0 Å². The first kappa shape index (κ1) is 12.5. The Morgan fingerprint density at radius 2 is 1.88 bits per heavy atom. The Bertz CT molecular complexity index is 521. The predicted octanol–water partition coefficient (Wildman–Crippen LogP) is 3.64. The zero-order valence-corrected chi connectivity index (χ0v) is 11.3. The standard InChI is InChI=1S/C10H9Cl3O2S/c11-8-1-2-9(12)7(5-8)6-10(3-4-10)16(13,14)15/h1-2,5H,3-4,6H2. The maximum absolute atomic E-state index is 11.4. The van der Waals surface area contributed by atoms with Gasteiger partial charge in [0.05, 0.1) is 4.75 Å². The van der Waals surface area contributed by atoms with Gasteiger partial charge in [0, 0.05) is 20.7 Å². The van der Waals surface area contributed by atoms with Crippen LogP contribution in [-0.2, 0) is 15.5 Å². The lowest BCUT2D eigenvalue weighted by Crippen LogP contribution is -2.21. The van der Waals surface area contributed by atoms with Gasteiger partial charge in [-0.25, -0.2) is 8.42 Å². The molecule has 88 valence electrons. The molecule has 0 saturated heterocycles. The highest BCUT2D eigenvalue weighted by Crippen LogP contribution is 2.48. The average Bonchev–Trinajstić information content (AvgIpc) is 2.91. The largest absolute Gasteiger partial charge is 0.238 e. The van der Waals surface area contributed by atoms with E-state index in [2.05, 4.69) is 0 Å². The molecule has 0 bridgehead atoms. The molecular weight excluding hydrogens is 291 g/mol. The van der Waals surface area contributed by atoms with Gasteiger partial charge in [0.1, 0.15) is 0 Å². The third kappa shape index (κ3) is 2.33. The lowest BCUT2D eigenvalue weighted by atomic mass is 10.1. The summed E-state index contributed by atoms with van der Waals surface area (Å²) in [5.41, 5.74) is 0.732. The molecule has 0 radical (unpaired) electrons. The molecule has 0 unspecified atom stereocenters. The monoisotopic (exact) mass is 298 g/mol. The first-order chi connectivity index (χ1) is 7.34. The Morgan fingerprint density at radius 3 is 2.38 bits per heavy atom. The molecule has 6 heteroatoms. The van der Waals surface area contributed by atoms with E-state index in [1.165, 1.54) is 0 Å². The minimum Gasteiger partial charge on any atom is -0.212 e. The second kappa shape index (κ2) is 4.05. The molecule has 1 saturated carbocycles. The van der Waals surface area contributed by atoms with E-state index in [1.54, 1.807) is 18.2 Å². The van der Waals surface area contributed by atoms with E-state index < -0.39 is 13.8 Å². The van der Waals surface area contributed by atoms with Gasteiger partial charge in [0.15, 0.2) is 0 Å². The Kier molecular flexibility index (Phi) is 3.17. The van der Waals surface area contributed by atoms with Crippen LogP contribution in [0.2, 0.25) is 10.0 Å². The van der Waals surface area contributed by atoms with Crippen LogP contribution < -0.4 is 0 Å². The van der Waals surface area contributed by atoms with Gasteiger partial charge in [-0.05, 0) is 43.0 Å². The molecule has 0 heterocycles. The van der Waals surface area contributed by atoms with Crippen LogP contribution in [0.5, 0.6) is 0 Å². The molecule has 1 aliphatic rings. The molecule has 0 aliphatic heterocycles. The van der Waals surface area contributed by atoms with Crippen LogP contribution in [0.1, 0.15) is 18.4 Å². The van der Waals surface area contributed by atoms with Crippen molar-refractivity contribution in [3.63, 3.8) is 0 Å². The Hall–Kier alpha value is 0.0400. The quantitative estimate of drug-likeness (QED) is 0.799. The van der Waals surface area contributed by atoms with E-state index in [4.69, 9.17) is 33.9 Å². The predicted molar refractivity (Wildman–Crippen MR) is 66.9 cm³/mol. The minimum absolute atomic E-state index is 0.332. The van der Waals surface area contributed by atoms with Crippen molar-refractivity contribution in [3.8, 4) is 0 Å². The van der Waals surface area contributed by atoms with Gasteiger partial charge < -0.3 is 0 Å². The van der Waals surface area contributed by atoms with Crippen molar-refractivity contribution in [2.75, 3.05) is 0 Å². The van der Waals surface area contributed by atoms with E-state index in [0.717, 1.165) is 5.56 Å². The summed E-state index contributed by atoms with van der Waals surface area (Å²) in [6, 6.07) is 5.02. The lowest BCUT2D eigenvalue weighted by molar-refractivity contribution is 0.590. The fraction of sp³-hybridized carbons (Fsp3) is 0.400. The van der Waals surface area contributed by atoms with Crippen molar-refractivity contribution in [3.05, 3.63) is 33.8 Å². The summed E-state index contributed by atoms with van der Waals surface area (Å²) in [6.07, 6.45) is 1.50. The van der Waals surface area contributed by atoms with E-state index in [-0.39, 0.29) is 0 Å². The molecule has 0 amide bonds. The summed E-state index contributed by atoms with van der Waals surface area (Å²) < 4.78 is 22.0. The molecule has 2 rings (SSSR count). The van der Waals surface area contributed by atoms with E-state index in [9.17, 15) is 8.42 Å². The number of halogens is 3. The van der Waals surface area contributed by atoms with Gasteiger partial charge in [-0.3, -0.25) is 0 Å². The van der Waals surface area contributed by atoms with Crippen LogP contribution >= 0.6 is 33.9 Å². The maximum Gasteiger partial charge on any atom is 0.238 e. The van der Waals surface area contributed by atoms with Crippen LogP contribution in [0.15, 0.2) is 18.2 Å². The zero-order valence-electron chi connectivity index (χ0n) is 8.21. The molecule has 16 heavy (non-hydrogen) atoms. The lowest BCUT2D eigenvalue weighted by Gasteiger charge is -2.12. The summed E-state index contributed by atoms with van der Waals surface area (Å²) in [5, 5.41) is 1.07. The molecule has 0 aromatic heterocycles. The van der Waals surface area contributed by atoms with Gasteiger partial charge in [0.25, 0.3) is 0 Å². The molecule has 1 aromatic rings. The van der Waals surface area contributed by atoms with Gasteiger partial charge >= 0.3 is 0 Å². The normalized spacial score (nSPS) is 18.4. The smallest absolute Gasteiger partial charge is 0.212 e. The van der Waals surface area contributed by atoms with Crippen molar-refractivity contribution in [2.45, 2.75) is 24.0 Å². The number of rotatable bonds is 3. The van der Waals surface area contributed by atoms with Crippen molar-refractivity contribution in [1.82, 2.24) is 0 Å². The molecule has 1 fully saturated rings. The highest BCUT2D eigenvalue weighted by Gasteiger charge is 2.53. The topological polar surface area (TPSA) is 34.1 Å². The van der Waals surface area contributed by atoms with Crippen LogP contribution in [0.4, 0.5) is 0 Å². The van der Waals surface area contributed by atoms with Crippen LogP contribution in [0.3, 0.4) is 0 Å². The van der Waals surface area contributed by atoms with Crippen LogP contribution in [0, 0.1) is 0 Å². The Labute approximate surface area is 109 Å². The van der Waals surface area contributed by atoms with E-state index >= 15 is 0 Å². The van der Waals surface area contributed by atoms with Gasteiger partial charge in [0.2, 0.25) is 9.05 Å². The highest BCUT2D eigenvalue weighted by molar-refractivity contribution is 8.15. The average molecular weight is 300 g/mol. The van der Waals surface area contributed by atoms with Gasteiger partial charge in [-0.15, -0.1) is 0 Å². The highest BCUT2D eigenvalue weighted by atomic mass is 35.7. The fourth-order valence-electron chi connectivity index (χ4n) is 1.67. The molecule has 0 atom stereocenters. The molecule has 1 aromatic carbocycles. The van der Waals surface area contributed by atoms with Crippen molar-refractivity contribution in [2.24, 2.45) is 0 Å². The number of hydrogen-bond acceptors (Lipinski definition) is 2. The third-order valence-corrected chi connectivity index (χ3v) is 6.02. The summed E-state index contributed by atoms with van der Waals surface area (Å²) in [5.74, 6) is 0. The van der Waals surface area contributed by atoms with Crippen molar-refractivity contribution < 1.29 is 8.42 Å². The summed E-state index contributed by atoms with van der Waals surface area (Å²) in [4.78, 5) is 0. The van der Waals surface area contributed by atoms with Crippen LogP contribution in [0.25, 0.3) is 0 Å². The van der Waals surface area contributed by atoms with Crippen molar-refractivity contribution >= 4 is 42.9 Å². The first-order valence-electron chi connectivity index (χ1n) is 4.72. The Balaban J connectivity index is 2.32. The SMILES string of the molecule is O=S(=O)(Cl)C1(Cc2cc(Cl)ccc2Cl)CC1. The second-order valence-electron chi connectivity index (χ2n) is 4.03. The molecule has 2 nitrogen and oxygen atoms in total. The Morgan fingerprint density at radius 1 is 1.25 bits per heavy atom. The van der Waals surface area contributed by atoms with E-state index in [0.29, 0.717) is 29.3 Å². The molecule has 1 aliphatic carbocycles. The summed E-state index contributed by atoms with van der Waals surface area (Å²) in [7, 11) is 1.88. The number of hydrogen-bond donors (Lipinski definition) is 0. The zero-order chi connectivity index (χ0) is 12.0. The first-order valence-corrected chi connectivity index (χ1v) is 7.79. The summed E-state index contributed by atoms with van der Waals surface area (Å²) in [6.45, 7) is 0. The maximum atomic E-state index is 11.4. The number of benzene rings is 1. The molecule has 0 N–H and O–H groups in total. The third-order valence-electron chi connectivity index (χ3n) is 2.85. The van der Waals surface area contributed by atoms with Gasteiger partial charge in [-0.1, -0.05) is 23.2 Å². The minimum atomic E-state index is -3.55. The summed E-state index contributed by atoms with van der Waals surface area (Å²) >= 11 is 11.8.